The van der Waals surface area contributed by atoms with Gasteiger partial charge in [0.2, 0.25) is 0 Å². The van der Waals surface area contributed by atoms with Crippen LogP contribution in [0.3, 0.4) is 0 Å². The second-order valence-electron chi connectivity index (χ2n) is 17.4. The molecule has 2 aliphatic rings. The standard InChI is InChI=1S/C59H64O12/c1-3-34-62-58-57(55(67-39-48-30-18-8-19-31-48)52(64-36-45-24-12-5-13-25-45)50(69-58)41-61-35-44-22-10-4-11-23-44)71-59-56(68-40-49-32-20-9-21-33-49)54(66-38-47-28-16-7-17-29-47)53(51(70-59)42-63-43(2)60)65-37-46-26-14-6-15-27-46/h3-33,50-59H,1,34-42H2,2H3/t50-,51-,52-,53-,54+,55+,56+,57+,58+,59-/m1/s1. The fourth-order valence-corrected chi connectivity index (χ4v) is 8.59. The molecule has 10 atom stereocenters. The van der Waals surface area contributed by atoms with E-state index in [0.29, 0.717) is 6.61 Å². The molecule has 8 rings (SSSR count). The number of carbonyl (C=O) groups is 1. The van der Waals surface area contributed by atoms with Crippen molar-refractivity contribution >= 4 is 5.97 Å². The minimum absolute atomic E-state index is 0.121. The molecule has 12 nitrogen and oxygen atoms in total. The zero-order valence-corrected chi connectivity index (χ0v) is 40.1. The molecule has 0 aliphatic carbocycles. The highest BCUT2D eigenvalue weighted by Crippen LogP contribution is 2.37. The van der Waals surface area contributed by atoms with Crippen LogP contribution in [0.5, 0.6) is 0 Å². The maximum absolute atomic E-state index is 12.6. The van der Waals surface area contributed by atoms with Crippen LogP contribution < -0.4 is 0 Å². The van der Waals surface area contributed by atoms with Crippen molar-refractivity contribution < 1.29 is 56.9 Å². The van der Waals surface area contributed by atoms with Crippen molar-refractivity contribution in [3.63, 3.8) is 0 Å². The molecule has 71 heavy (non-hydrogen) atoms. The van der Waals surface area contributed by atoms with Gasteiger partial charge in [-0.05, 0) is 33.4 Å². The van der Waals surface area contributed by atoms with Crippen LogP contribution in [0.15, 0.2) is 195 Å². The maximum Gasteiger partial charge on any atom is 0.302 e. The van der Waals surface area contributed by atoms with Crippen molar-refractivity contribution in [3.05, 3.63) is 228 Å². The molecule has 0 saturated carbocycles. The van der Waals surface area contributed by atoms with Crippen LogP contribution in [-0.2, 0) is 96.5 Å². The number of esters is 1. The third-order valence-corrected chi connectivity index (χ3v) is 12.1. The minimum Gasteiger partial charge on any atom is -0.463 e. The molecule has 2 aliphatic heterocycles. The van der Waals surface area contributed by atoms with Crippen LogP contribution in [0, 0.1) is 0 Å². The average molecular weight is 965 g/mol. The Kier molecular flexibility index (Phi) is 20.1. The molecule has 0 radical (unpaired) electrons. The van der Waals surface area contributed by atoms with Gasteiger partial charge in [0.1, 0.15) is 55.4 Å². The van der Waals surface area contributed by atoms with Gasteiger partial charge in [-0.15, -0.1) is 6.58 Å². The summed E-state index contributed by atoms with van der Waals surface area (Å²) in [5.41, 5.74) is 5.69. The molecule has 0 unspecified atom stereocenters. The Balaban J connectivity index is 1.19. The molecular weight excluding hydrogens is 901 g/mol. The molecule has 6 aromatic carbocycles. The van der Waals surface area contributed by atoms with Gasteiger partial charge in [-0.3, -0.25) is 4.79 Å². The highest BCUT2D eigenvalue weighted by Gasteiger charge is 2.55. The molecule has 372 valence electrons. The lowest BCUT2D eigenvalue weighted by Gasteiger charge is -2.50. The summed E-state index contributed by atoms with van der Waals surface area (Å²) >= 11 is 0. The first-order valence-electron chi connectivity index (χ1n) is 24.2. The van der Waals surface area contributed by atoms with E-state index in [2.05, 4.69) is 6.58 Å². The van der Waals surface area contributed by atoms with Gasteiger partial charge in [0.15, 0.2) is 12.6 Å². The number of hydrogen-bond acceptors (Lipinski definition) is 12. The van der Waals surface area contributed by atoms with E-state index >= 15 is 0 Å². The van der Waals surface area contributed by atoms with E-state index in [1.807, 2.05) is 182 Å². The number of benzene rings is 6. The van der Waals surface area contributed by atoms with Gasteiger partial charge in [-0.2, -0.15) is 0 Å². The summed E-state index contributed by atoms with van der Waals surface area (Å²) in [6, 6.07) is 59.3. The van der Waals surface area contributed by atoms with E-state index in [-0.39, 0.29) is 52.9 Å². The lowest BCUT2D eigenvalue weighted by atomic mass is 9.96. The number of hydrogen-bond donors (Lipinski definition) is 0. The van der Waals surface area contributed by atoms with Crippen molar-refractivity contribution in [1.29, 1.82) is 0 Å². The van der Waals surface area contributed by atoms with Crippen molar-refractivity contribution in [1.82, 2.24) is 0 Å². The first-order chi connectivity index (χ1) is 35.0. The summed E-state index contributed by atoms with van der Waals surface area (Å²) in [6.45, 7) is 6.79. The number of carbonyl (C=O) groups excluding carboxylic acids is 1. The third kappa shape index (κ3) is 15.6. The lowest BCUT2D eigenvalue weighted by molar-refractivity contribution is -0.382. The lowest BCUT2D eigenvalue weighted by Crippen LogP contribution is -2.66. The van der Waals surface area contributed by atoms with E-state index < -0.39 is 67.4 Å². The van der Waals surface area contributed by atoms with Gasteiger partial charge in [0, 0.05) is 6.92 Å². The normalized spacial score (nSPS) is 24.2. The highest BCUT2D eigenvalue weighted by atomic mass is 16.8. The molecule has 6 aromatic rings. The largest absolute Gasteiger partial charge is 0.463 e. The predicted molar refractivity (Wildman–Crippen MR) is 266 cm³/mol. The molecule has 0 aromatic heterocycles. The van der Waals surface area contributed by atoms with E-state index in [4.69, 9.17) is 52.1 Å². The highest BCUT2D eigenvalue weighted by molar-refractivity contribution is 5.65. The van der Waals surface area contributed by atoms with Crippen molar-refractivity contribution in [2.24, 2.45) is 0 Å². The van der Waals surface area contributed by atoms with Crippen molar-refractivity contribution in [2.75, 3.05) is 19.8 Å². The second kappa shape index (κ2) is 27.7. The topological polar surface area (TPSA) is 119 Å². The first-order valence-corrected chi connectivity index (χ1v) is 24.2. The molecule has 0 bridgehead atoms. The predicted octanol–water partition coefficient (Wildman–Crippen LogP) is 9.73. The summed E-state index contributed by atoms with van der Waals surface area (Å²) in [5.74, 6) is -0.482. The third-order valence-electron chi connectivity index (χ3n) is 12.1. The Morgan fingerprint density at radius 1 is 0.423 bits per heavy atom. The van der Waals surface area contributed by atoms with Gasteiger partial charge in [0.05, 0.1) is 52.9 Å². The van der Waals surface area contributed by atoms with Crippen LogP contribution in [0.4, 0.5) is 0 Å². The molecule has 2 heterocycles. The molecule has 2 saturated heterocycles. The zero-order valence-electron chi connectivity index (χ0n) is 40.1. The van der Waals surface area contributed by atoms with Gasteiger partial charge in [-0.25, -0.2) is 0 Å². The van der Waals surface area contributed by atoms with Crippen LogP contribution >= 0.6 is 0 Å². The van der Waals surface area contributed by atoms with Crippen LogP contribution in [0.2, 0.25) is 0 Å². The van der Waals surface area contributed by atoms with Crippen LogP contribution in [0.1, 0.15) is 40.3 Å². The van der Waals surface area contributed by atoms with Gasteiger partial charge < -0.3 is 52.1 Å². The summed E-state index contributed by atoms with van der Waals surface area (Å²) in [6.07, 6.45) is -7.44. The van der Waals surface area contributed by atoms with Crippen molar-refractivity contribution in [3.8, 4) is 0 Å². The SMILES string of the molecule is C=CCO[C@H]1O[C@H](COCc2ccccc2)[C@@H](OCc2ccccc2)[C@H](OCc2ccccc2)[C@@H]1O[C@H]1O[C@H](COC(C)=O)[C@@H](OCc2ccccc2)[C@H](OCc2ccccc2)[C@@H]1OCc1ccccc1. The van der Waals surface area contributed by atoms with Crippen LogP contribution in [-0.4, -0.2) is 87.2 Å². The fourth-order valence-electron chi connectivity index (χ4n) is 8.59. The summed E-state index contributed by atoms with van der Waals surface area (Å²) in [4.78, 5) is 12.6. The fraction of sp³-hybridized carbons (Fsp3) is 0.339. The van der Waals surface area contributed by atoms with Crippen molar-refractivity contribution in [2.45, 2.75) is 108 Å². The Labute approximate surface area is 417 Å². The maximum atomic E-state index is 12.6. The van der Waals surface area contributed by atoms with E-state index in [1.165, 1.54) is 6.92 Å². The van der Waals surface area contributed by atoms with E-state index in [0.717, 1.165) is 33.4 Å². The first kappa shape index (κ1) is 51.5. The summed E-state index contributed by atoms with van der Waals surface area (Å²) < 4.78 is 74.5. The quantitative estimate of drug-likeness (QED) is 0.0381. The Hall–Kier alpha value is -5.87. The van der Waals surface area contributed by atoms with E-state index in [1.54, 1.807) is 6.08 Å². The monoisotopic (exact) mass is 964 g/mol. The molecule has 2 fully saturated rings. The van der Waals surface area contributed by atoms with Gasteiger partial charge in [-0.1, -0.05) is 188 Å². The zero-order chi connectivity index (χ0) is 48.9. The Morgan fingerprint density at radius 2 is 0.761 bits per heavy atom. The second-order valence-corrected chi connectivity index (χ2v) is 17.4. The Morgan fingerprint density at radius 3 is 1.15 bits per heavy atom. The number of rotatable bonds is 26. The number of ether oxygens (including phenoxy) is 11. The molecule has 12 heteroatoms. The van der Waals surface area contributed by atoms with Crippen LogP contribution in [0.25, 0.3) is 0 Å². The van der Waals surface area contributed by atoms with Gasteiger partial charge >= 0.3 is 5.97 Å². The summed E-state index contributed by atoms with van der Waals surface area (Å²) in [7, 11) is 0. The van der Waals surface area contributed by atoms with E-state index in [9.17, 15) is 4.79 Å². The Bertz CT molecular complexity index is 2410. The average Bonchev–Trinajstić information content (AvgIpc) is 3.41. The molecule has 0 N–H and O–H groups in total. The van der Waals surface area contributed by atoms with Gasteiger partial charge in [0.25, 0.3) is 0 Å². The minimum atomic E-state index is -1.21. The molecular formula is C59H64O12. The molecule has 0 amide bonds. The summed E-state index contributed by atoms with van der Waals surface area (Å²) in [5, 5.41) is 0. The smallest absolute Gasteiger partial charge is 0.302 e. The molecule has 0 spiro atoms.